The quantitative estimate of drug-likeness (QED) is 0.491. The Balaban J connectivity index is 1.49. The molecule has 0 radical (unpaired) electrons. The first-order valence-electron chi connectivity index (χ1n) is 10.9. The van der Waals surface area contributed by atoms with Crippen molar-refractivity contribution in [3.63, 3.8) is 0 Å². The second kappa shape index (κ2) is 9.44. The van der Waals surface area contributed by atoms with Crippen molar-refractivity contribution in [2.45, 2.75) is 24.6 Å². The van der Waals surface area contributed by atoms with Crippen molar-refractivity contribution in [1.29, 1.82) is 0 Å². The summed E-state index contributed by atoms with van der Waals surface area (Å²) in [5, 5.41) is 3.63. The molecule has 8 heteroatoms. The molecule has 2 aliphatic heterocycles. The predicted molar refractivity (Wildman–Crippen MR) is 138 cm³/mol. The number of benzene rings is 3. The van der Waals surface area contributed by atoms with Gasteiger partial charge in [0.1, 0.15) is 11.9 Å². The molecule has 0 bridgehead atoms. The van der Waals surface area contributed by atoms with Gasteiger partial charge in [0, 0.05) is 16.3 Å². The maximum Gasteiger partial charge on any atom is 0.275 e. The lowest BCUT2D eigenvalue weighted by molar-refractivity contribution is -0.119. The molecular formula is C26H21ClN4O2S. The van der Waals surface area contributed by atoms with Crippen LogP contribution in [-0.2, 0) is 9.59 Å². The molecule has 2 unspecified atom stereocenters. The number of carbonyl (C=O) groups is 2. The monoisotopic (exact) mass is 488 g/mol. The molecule has 3 aromatic carbocycles. The van der Waals surface area contributed by atoms with Crippen molar-refractivity contribution in [2.24, 2.45) is 9.98 Å². The second-order valence-electron chi connectivity index (χ2n) is 7.88. The molecule has 6 nitrogen and oxygen atoms in total. The van der Waals surface area contributed by atoms with Crippen LogP contribution >= 0.6 is 23.4 Å². The standard InChI is InChI=1S/C26H21ClN4O2S/c1-2-21(24(32)28-18-12-8-11-17(27)15-18)34-26-29-20-14-7-6-13-19(20)23-30-25(33)22(31(23)26)16-9-4-3-5-10-16/h3-15,21-22H,2H2,1H3,(H,28,32). The van der Waals surface area contributed by atoms with Crippen LogP contribution in [0, 0.1) is 0 Å². The van der Waals surface area contributed by atoms with Crippen molar-refractivity contribution in [2.75, 3.05) is 5.32 Å². The Morgan fingerprint density at radius 3 is 2.59 bits per heavy atom. The topological polar surface area (TPSA) is 74.1 Å². The van der Waals surface area contributed by atoms with Crippen LogP contribution < -0.4 is 5.32 Å². The molecule has 2 amide bonds. The summed E-state index contributed by atoms with van der Waals surface area (Å²) >= 11 is 7.40. The number of amides is 2. The average molecular weight is 489 g/mol. The fraction of sp³-hybridized carbons (Fsp3) is 0.154. The van der Waals surface area contributed by atoms with Gasteiger partial charge in [0.15, 0.2) is 5.17 Å². The molecular weight excluding hydrogens is 468 g/mol. The van der Waals surface area contributed by atoms with E-state index >= 15 is 0 Å². The molecule has 0 saturated heterocycles. The number of fused-ring (bicyclic) bond motifs is 3. The predicted octanol–water partition coefficient (Wildman–Crippen LogP) is 5.82. The van der Waals surface area contributed by atoms with Crippen LogP contribution in [0.5, 0.6) is 0 Å². The first kappa shape index (κ1) is 22.4. The van der Waals surface area contributed by atoms with Gasteiger partial charge in [-0.15, -0.1) is 0 Å². The van der Waals surface area contributed by atoms with Gasteiger partial charge in [-0.2, -0.15) is 4.99 Å². The first-order chi connectivity index (χ1) is 16.5. The maximum atomic E-state index is 13.1. The zero-order valence-corrected chi connectivity index (χ0v) is 19.9. The number of hydrogen-bond donors (Lipinski definition) is 1. The highest BCUT2D eigenvalue weighted by atomic mass is 35.5. The van der Waals surface area contributed by atoms with Gasteiger partial charge in [-0.3, -0.25) is 14.5 Å². The third-order valence-electron chi connectivity index (χ3n) is 5.62. The van der Waals surface area contributed by atoms with Crippen molar-refractivity contribution in [1.82, 2.24) is 4.90 Å². The highest BCUT2D eigenvalue weighted by Gasteiger charge is 2.43. The number of anilines is 1. The molecule has 0 fully saturated rings. The van der Waals surface area contributed by atoms with E-state index in [9.17, 15) is 9.59 Å². The van der Waals surface area contributed by atoms with Crippen molar-refractivity contribution in [3.05, 3.63) is 95.0 Å². The molecule has 2 aliphatic rings. The van der Waals surface area contributed by atoms with E-state index in [1.807, 2.05) is 66.4 Å². The minimum Gasteiger partial charge on any atom is -0.325 e. The molecule has 3 aromatic rings. The molecule has 0 spiro atoms. The largest absolute Gasteiger partial charge is 0.325 e. The van der Waals surface area contributed by atoms with Crippen LogP contribution in [0.3, 0.4) is 0 Å². The summed E-state index contributed by atoms with van der Waals surface area (Å²) < 4.78 is 0. The fourth-order valence-corrected chi connectivity index (χ4v) is 5.24. The zero-order valence-electron chi connectivity index (χ0n) is 18.3. The van der Waals surface area contributed by atoms with Crippen LogP contribution in [0.15, 0.2) is 88.8 Å². The lowest BCUT2D eigenvalue weighted by Gasteiger charge is -2.32. The third-order valence-corrected chi connectivity index (χ3v) is 7.19. The highest BCUT2D eigenvalue weighted by Crippen LogP contribution is 2.40. The van der Waals surface area contributed by atoms with Gasteiger partial charge >= 0.3 is 0 Å². The fourth-order valence-electron chi connectivity index (χ4n) is 4.01. The van der Waals surface area contributed by atoms with E-state index in [-0.39, 0.29) is 11.8 Å². The molecule has 170 valence electrons. The second-order valence-corrected chi connectivity index (χ2v) is 9.49. The SMILES string of the molecule is CCC(SC1=Nc2ccccc2C2=NC(=O)C(c3ccccc3)N12)C(=O)Nc1cccc(Cl)c1. The zero-order chi connectivity index (χ0) is 23.7. The van der Waals surface area contributed by atoms with Gasteiger partial charge in [0.05, 0.1) is 10.9 Å². The van der Waals surface area contributed by atoms with Crippen molar-refractivity contribution < 1.29 is 9.59 Å². The number of halogens is 1. The smallest absolute Gasteiger partial charge is 0.275 e. The summed E-state index contributed by atoms with van der Waals surface area (Å²) in [5.41, 5.74) is 2.99. The van der Waals surface area contributed by atoms with Crippen LogP contribution in [-0.4, -0.2) is 33.0 Å². The van der Waals surface area contributed by atoms with Gasteiger partial charge in [-0.05, 0) is 42.3 Å². The number of nitrogens with zero attached hydrogens (tertiary/aromatic N) is 3. The van der Waals surface area contributed by atoms with Gasteiger partial charge in [0.2, 0.25) is 5.91 Å². The minimum absolute atomic E-state index is 0.156. The Labute approximate surface area is 206 Å². The summed E-state index contributed by atoms with van der Waals surface area (Å²) in [4.78, 5) is 37.3. The summed E-state index contributed by atoms with van der Waals surface area (Å²) in [6.45, 7) is 1.95. The van der Waals surface area contributed by atoms with E-state index < -0.39 is 11.3 Å². The van der Waals surface area contributed by atoms with Crippen LogP contribution in [0.2, 0.25) is 5.02 Å². The number of aliphatic imine (C=N–C) groups is 2. The van der Waals surface area contributed by atoms with Crippen LogP contribution in [0.4, 0.5) is 11.4 Å². The minimum atomic E-state index is -0.621. The number of para-hydroxylation sites is 1. The summed E-state index contributed by atoms with van der Waals surface area (Å²) in [7, 11) is 0. The van der Waals surface area contributed by atoms with Gasteiger partial charge in [-0.1, -0.05) is 78.8 Å². The Bertz CT molecular complexity index is 1330. The molecule has 0 saturated carbocycles. The maximum absolute atomic E-state index is 13.1. The molecule has 1 N–H and O–H groups in total. The normalized spacial score (nSPS) is 17.4. The number of hydrogen-bond acceptors (Lipinski definition) is 5. The van der Waals surface area contributed by atoms with Gasteiger partial charge in [0.25, 0.3) is 5.91 Å². The first-order valence-corrected chi connectivity index (χ1v) is 12.2. The van der Waals surface area contributed by atoms with Crippen molar-refractivity contribution >= 4 is 57.6 Å². The summed E-state index contributed by atoms with van der Waals surface area (Å²) in [6, 6.07) is 23.6. The molecule has 34 heavy (non-hydrogen) atoms. The van der Waals surface area contributed by atoms with E-state index in [0.29, 0.717) is 28.1 Å². The molecule has 0 aliphatic carbocycles. The van der Waals surface area contributed by atoms with E-state index in [2.05, 4.69) is 10.3 Å². The number of thioether (sulfide) groups is 1. The molecule has 0 aromatic heterocycles. The number of rotatable bonds is 5. The highest BCUT2D eigenvalue weighted by molar-refractivity contribution is 8.15. The Morgan fingerprint density at radius 2 is 1.82 bits per heavy atom. The molecule has 2 atom stereocenters. The van der Waals surface area contributed by atoms with E-state index in [0.717, 1.165) is 16.8 Å². The van der Waals surface area contributed by atoms with E-state index in [1.54, 1.807) is 24.3 Å². The number of nitrogens with one attached hydrogen (secondary N) is 1. The lowest BCUT2D eigenvalue weighted by atomic mass is 10.0. The Hall–Kier alpha value is -3.42. The molecule has 5 rings (SSSR count). The number of carbonyl (C=O) groups excluding carboxylic acids is 2. The third kappa shape index (κ3) is 4.24. The average Bonchev–Trinajstić information content (AvgIpc) is 3.20. The number of amidine groups is 2. The van der Waals surface area contributed by atoms with Crippen molar-refractivity contribution in [3.8, 4) is 0 Å². The Kier molecular flexibility index (Phi) is 6.22. The van der Waals surface area contributed by atoms with Crippen LogP contribution in [0.1, 0.15) is 30.5 Å². The van der Waals surface area contributed by atoms with Crippen LogP contribution in [0.25, 0.3) is 0 Å². The summed E-state index contributed by atoms with van der Waals surface area (Å²) in [6.07, 6.45) is 0.571. The van der Waals surface area contributed by atoms with Gasteiger partial charge in [-0.25, -0.2) is 4.99 Å². The van der Waals surface area contributed by atoms with Gasteiger partial charge < -0.3 is 5.32 Å². The van der Waals surface area contributed by atoms with E-state index in [4.69, 9.17) is 16.6 Å². The summed E-state index contributed by atoms with van der Waals surface area (Å²) in [5.74, 6) is 0.163. The Morgan fingerprint density at radius 1 is 1.06 bits per heavy atom. The van der Waals surface area contributed by atoms with E-state index in [1.165, 1.54) is 11.8 Å². The lowest BCUT2D eigenvalue weighted by Crippen LogP contribution is -2.40. The molecule has 2 heterocycles.